The molecule has 3 rings (SSSR count). The maximum Gasteiger partial charge on any atom is 0.254 e. The Hall–Kier alpha value is -2.95. The summed E-state index contributed by atoms with van der Waals surface area (Å²) in [5.74, 6) is -0.117. The Kier molecular flexibility index (Phi) is 4.70. The first kappa shape index (κ1) is 15.9. The zero-order valence-corrected chi connectivity index (χ0v) is 13.5. The summed E-state index contributed by atoms with van der Waals surface area (Å²) in [5.41, 5.74) is 2.00. The summed E-state index contributed by atoms with van der Waals surface area (Å²) in [6.45, 7) is 3.13. The fourth-order valence-corrected chi connectivity index (χ4v) is 2.77. The number of likely N-dealkylation sites (N-methyl/N-ethyl adjacent to an activating group) is 1. The number of benzene rings is 1. The van der Waals surface area contributed by atoms with Crippen LogP contribution in [0.4, 0.5) is 0 Å². The first-order chi connectivity index (χ1) is 11.7. The summed E-state index contributed by atoms with van der Waals surface area (Å²) in [6, 6.07) is 12.6. The first-order valence-electron chi connectivity index (χ1n) is 7.99. The van der Waals surface area contributed by atoms with Gasteiger partial charge in [0, 0.05) is 42.5 Å². The third-order valence-electron chi connectivity index (χ3n) is 4.07. The molecule has 2 aromatic heterocycles. The number of amides is 1. The number of H-pyrrole nitrogens is 1. The van der Waals surface area contributed by atoms with Crippen LogP contribution in [0.5, 0.6) is 0 Å². The van der Waals surface area contributed by atoms with E-state index in [1.54, 1.807) is 23.4 Å². The topological polar surface area (TPSA) is 66.1 Å². The smallest absolute Gasteiger partial charge is 0.254 e. The SMILES string of the molecule is CCN(CCc1ccncc1)C(=O)c1cc(=O)[nH]c2ccccc12. The van der Waals surface area contributed by atoms with Crippen molar-refractivity contribution in [2.45, 2.75) is 13.3 Å². The van der Waals surface area contributed by atoms with Crippen LogP contribution in [-0.2, 0) is 6.42 Å². The van der Waals surface area contributed by atoms with E-state index in [0.29, 0.717) is 24.2 Å². The van der Waals surface area contributed by atoms with Gasteiger partial charge in [0.25, 0.3) is 5.91 Å². The van der Waals surface area contributed by atoms with E-state index in [1.165, 1.54) is 6.07 Å². The Balaban J connectivity index is 1.88. The molecule has 122 valence electrons. The van der Waals surface area contributed by atoms with Gasteiger partial charge in [0.15, 0.2) is 0 Å². The molecule has 0 fully saturated rings. The number of nitrogens with one attached hydrogen (secondary N) is 1. The van der Waals surface area contributed by atoms with E-state index in [-0.39, 0.29) is 11.5 Å². The van der Waals surface area contributed by atoms with Gasteiger partial charge in [-0.25, -0.2) is 0 Å². The van der Waals surface area contributed by atoms with Crippen LogP contribution in [-0.4, -0.2) is 33.9 Å². The monoisotopic (exact) mass is 321 g/mol. The standard InChI is InChI=1S/C19H19N3O2/c1-2-22(12-9-14-7-10-20-11-8-14)19(24)16-13-18(23)21-17-6-4-3-5-15(16)17/h3-8,10-11,13H,2,9,12H2,1H3,(H,21,23). The van der Waals surface area contributed by atoms with Crippen LogP contribution in [0.15, 0.2) is 59.7 Å². The molecular weight excluding hydrogens is 302 g/mol. The minimum Gasteiger partial charge on any atom is -0.339 e. The molecule has 0 aliphatic carbocycles. The highest BCUT2D eigenvalue weighted by atomic mass is 16.2. The summed E-state index contributed by atoms with van der Waals surface area (Å²) in [5, 5.41) is 0.768. The van der Waals surface area contributed by atoms with E-state index >= 15 is 0 Å². The maximum absolute atomic E-state index is 12.9. The number of carbonyl (C=O) groups excluding carboxylic acids is 1. The lowest BCUT2D eigenvalue weighted by Gasteiger charge is -2.21. The molecule has 0 aliphatic rings. The van der Waals surface area contributed by atoms with Gasteiger partial charge in [-0.15, -0.1) is 0 Å². The van der Waals surface area contributed by atoms with E-state index in [4.69, 9.17) is 0 Å². The highest BCUT2D eigenvalue weighted by Crippen LogP contribution is 2.16. The number of hydrogen-bond acceptors (Lipinski definition) is 3. The number of aromatic amines is 1. The lowest BCUT2D eigenvalue weighted by Crippen LogP contribution is -2.33. The van der Waals surface area contributed by atoms with Crippen molar-refractivity contribution in [1.82, 2.24) is 14.9 Å². The molecular formula is C19H19N3O2. The predicted molar refractivity (Wildman–Crippen MR) is 94.1 cm³/mol. The van der Waals surface area contributed by atoms with Crippen LogP contribution in [0.1, 0.15) is 22.8 Å². The number of carbonyl (C=O) groups is 1. The maximum atomic E-state index is 12.9. The van der Waals surface area contributed by atoms with Crippen LogP contribution in [0.3, 0.4) is 0 Å². The van der Waals surface area contributed by atoms with Crippen molar-refractivity contribution in [2.75, 3.05) is 13.1 Å². The predicted octanol–water partition coefficient (Wildman–Crippen LogP) is 2.63. The summed E-state index contributed by atoms with van der Waals surface area (Å²) < 4.78 is 0. The minimum atomic E-state index is -0.262. The summed E-state index contributed by atoms with van der Waals surface area (Å²) in [4.78, 5) is 33.3. The third-order valence-corrected chi connectivity index (χ3v) is 4.07. The molecule has 0 aliphatic heterocycles. The van der Waals surface area contributed by atoms with E-state index < -0.39 is 0 Å². The normalized spacial score (nSPS) is 10.7. The van der Waals surface area contributed by atoms with Crippen molar-refractivity contribution >= 4 is 16.8 Å². The van der Waals surface area contributed by atoms with Crippen LogP contribution >= 0.6 is 0 Å². The average molecular weight is 321 g/mol. The molecule has 0 unspecified atom stereocenters. The number of aromatic nitrogens is 2. The molecule has 0 atom stereocenters. The summed E-state index contributed by atoms with van der Waals surface area (Å²) >= 11 is 0. The molecule has 1 amide bonds. The van der Waals surface area contributed by atoms with Crippen LogP contribution in [0.25, 0.3) is 10.9 Å². The van der Waals surface area contributed by atoms with Crippen molar-refractivity contribution in [2.24, 2.45) is 0 Å². The van der Waals surface area contributed by atoms with Crippen LogP contribution in [0, 0.1) is 0 Å². The number of pyridine rings is 2. The number of para-hydroxylation sites is 1. The fourth-order valence-electron chi connectivity index (χ4n) is 2.77. The second-order valence-corrected chi connectivity index (χ2v) is 5.58. The van der Waals surface area contributed by atoms with Crippen molar-refractivity contribution in [3.63, 3.8) is 0 Å². The summed E-state index contributed by atoms with van der Waals surface area (Å²) in [6.07, 6.45) is 4.25. The fraction of sp³-hybridized carbons (Fsp3) is 0.211. The van der Waals surface area contributed by atoms with E-state index in [1.807, 2.05) is 37.3 Å². The van der Waals surface area contributed by atoms with Gasteiger partial charge in [0.1, 0.15) is 0 Å². The number of rotatable bonds is 5. The van der Waals surface area contributed by atoms with Gasteiger partial charge in [0.05, 0.1) is 5.56 Å². The zero-order valence-electron chi connectivity index (χ0n) is 13.5. The molecule has 0 saturated heterocycles. The number of nitrogens with zero attached hydrogens (tertiary/aromatic N) is 2. The number of hydrogen-bond donors (Lipinski definition) is 1. The van der Waals surface area contributed by atoms with Crippen molar-refractivity contribution in [3.8, 4) is 0 Å². The molecule has 5 heteroatoms. The first-order valence-corrected chi connectivity index (χ1v) is 7.99. The molecule has 0 bridgehead atoms. The lowest BCUT2D eigenvalue weighted by atomic mass is 10.1. The van der Waals surface area contributed by atoms with Gasteiger partial charge in [-0.3, -0.25) is 14.6 Å². The molecule has 5 nitrogen and oxygen atoms in total. The van der Waals surface area contributed by atoms with Crippen molar-refractivity contribution in [1.29, 1.82) is 0 Å². The van der Waals surface area contributed by atoms with Crippen molar-refractivity contribution < 1.29 is 4.79 Å². The van der Waals surface area contributed by atoms with E-state index in [2.05, 4.69) is 9.97 Å². The highest BCUT2D eigenvalue weighted by Gasteiger charge is 2.17. The Bertz CT molecular complexity index is 903. The Morgan fingerprint density at radius 2 is 1.92 bits per heavy atom. The Morgan fingerprint density at radius 1 is 1.17 bits per heavy atom. The van der Waals surface area contributed by atoms with Gasteiger partial charge in [-0.2, -0.15) is 0 Å². The van der Waals surface area contributed by atoms with Gasteiger partial charge < -0.3 is 9.88 Å². The second-order valence-electron chi connectivity index (χ2n) is 5.58. The second kappa shape index (κ2) is 7.08. The molecule has 3 aromatic rings. The van der Waals surface area contributed by atoms with E-state index in [0.717, 1.165) is 17.4 Å². The van der Waals surface area contributed by atoms with Gasteiger partial charge in [0.2, 0.25) is 5.56 Å². The van der Waals surface area contributed by atoms with Gasteiger partial charge in [-0.05, 0) is 37.1 Å². The van der Waals surface area contributed by atoms with Crippen molar-refractivity contribution in [3.05, 3.63) is 76.3 Å². The Morgan fingerprint density at radius 3 is 2.67 bits per heavy atom. The lowest BCUT2D eigenvalue weighted by molar-refractivity contribution is 0.0768. The van der Waals surface area contributed by atoms with Crippen LogP contribution < -0.4 is 5.56 Å². The largest absolute Gasteiger partial charge is 0.339 e. The van der Waals surface area contributed by atoms with Gasteiger partial charge in [-0.1, -0.05) is 18.2 Å². The Labute approximate surface area is 140 Å². The molecule has 0 radical (unpaired) electrons. The van der Waals surface area contributed by atoms with Gasteiger partial charge >= 0.3 is 0 Å². The molecule has 1 N–H and O–H groups in total. The molecule has 2 heterocycles. The molecule has 0 saturated carbocycles. The van der Waals surface area contributed by atoms with Crippen LogP contribution in [0.2, 0.25) is 0 Å². The quantitative estimate of drug-likeness (QED) is 0.785. The molecule has 1 aromatic carbocycles. The average Bonchev–Trinajstić information content (AvgIpc) is 2.62. The summed E-state index contributed by atoms with van der Waals surface area (Å²) in [7, 11) is 0. The number of fused-ring (bicyclic) bond motifs is 1. The third kappa shape index (κ3) is 3.35. The minimum absolute atomic E-state index is 0.117. The highest BCUT2D eigenvalue weighted by molar-refractivity contribution is 6.05. The molecule has 24 heavy (non-hydrogen) atoms. The zero-order chi connectivity index (χ0) is 16.9. The van der Waals surface area contributed by atoms with E-state index in [9.17, 15) is 9.59 Å². The molecule has 0 spiro atoms.